The predicted molar refractivity (Wildman–Crippen MR) is 258 cm³/mol. The van der Waals surface area contributed by atoms with Crippen molar-refractivity contribution in [2.45, 2.75) is 97.5 Å². The number of aromatic nitrogens is 6. The number of fused-ring (bicyclic) bond motifs is 5. The molecule has 2 saturated heterocycles. The minimum Gasteiger partial charge on any atom is -0.464 e. The number of aromatic amines is 2. The molecule has 0 bridgehead atoms. The van der Waals surface area contributed by atoms with Crippen LogP contribution >= 0.6 is 11.3 Å². The van der Waals surface area contributed by atoms with Crippen molar-refractivity contribution in [2.75, 3.05) is 38.9 Å². The number of carbonyl (C=O) groups excluding carboxylic acids is 4. The number of amides is 4. The molecule has 3 unspecified atom stereocenters. The van der Waals surface area contributed by atoms with Crippen molar-refractivity contribution in [3.63, 3.8) is 0 Å². The average Bonchev–Trinajstić information content (AvgIpc) is 4.18. The van der Waals surface area contributed by atoms with Gasteiger partial charge in [-0.05, 0) is 61.4 Å². The number of ether oxygens (including phenoxy) is 3. The lowest BCUT2D eigenvalue weighted by Crippen LogP contribution is -2.54. The molecule has 0 radical (unpaired) electrons. The van der Waals surface area contributed by atoms with Gasteiger partial charge in [0.1, 0.15) is 29.5 Å². The number of H-pyrrole nitrogens is 2. The zero-order valence-electron chi connectivity index (χ0n) is 40.2. The average molecular weight is 964 g/mol. The van der Waals surface area contributed by atoms with Crippen LogP contribution in [0.15, 0.2) is 55.0 Å². The number of nitrogens with zero attached hydrogens (tertiary/aromatic N) is 7. The molecule has 2 aromatic carbocycles. The third-order valence-corrected chi connectivity index (χ3v) is 14.4. The van der Waals surface area contributed by atoms with Crippen LogP contribution < -0.4 is 20.4 Å². The van der Waals surface area contributed by atoms with E-state index in [9.17, 15) is 19.2 Å². The number of benzene rings is 2. The van der Waals surface area contributed by atoms with Gasteiger partial charge in [0.05, 0.1) is 70.7 Å². The van der Waals surface area contributed by atoms with Gasteiger partial charge in [0, 0.05) is 47.8 Å². The molecule has 20 heteroatoms. The van der Waals surface area contributed by atoms with Crippen LogP contribution in [0.3, 0.4) is 0 Å². The minimum atomic E-state index is -0.789. The lowest BCUT2D eigenvalue weighted by molar-refractivity contribution is -0.135. The number of nitrogens with one attached hydrogen (secondary N) is 4. The number of thiazole rings is 1. The van der Waals surface area contributed by atoms with Crippen molar-refractivity contribution in [1.82, 2.24) is 50.0 Å². The molecule has 69 heavy (non-hydrogen) atoms. The van der Waals surface area contributed by atoms with Crippen molar-refractivity contribution in [1.29, 1.82) is 0 Å². The zero-order chi connectivity index (χ0) is 49.1. The molecular weight excluding hydrogens is 906 g/mol. The highest BCUT2D eigenvalue weighted by atomic mass is 32.1. The monoisotopic (exact) mass is 963 g/mol. The van der Waals surface area contributed by atoms with Crippen LogP contribution in [0.1, 0.15) is 95.7 Å². The number of halogens is 1. The maximum Gasteiger partial charge on any atom is 0.407 e. The van der Waals surface area contributed by atoms with Gasteiger partial charge in [-0.2, -0.15) is 0 Å². The first-order valence-electron chi connectivity index (χ1n) is 23.3. The summed E-state index contributed by atoms with van der Waals surface area (Å²) in [5, 5.41) is 10.6. The van der Waals surface area contributed by atoms with Crippen LogP contribution in [0.4, 0.5) is 19.9 Å². The second kappa shape index (κ2) is 18.5. The normalized spacial score (nSPS) is 17.8. The van der Waals surface area contributed by atoms with Crippen molar-refractivity contribution in [3.05, 3.63) is 76.5 Å². The quantitative estimate of drug-likeness (QED) is 0.0972. The molecule has 2 fully saturated rings. The van der Waals surface area contributed by atoms with Gasteiger partial charge in [-0.1, -0.05) is 54.5 Å². The summed E-state index contributed by atoms with van der Waals surface area (Å²) in [4.78, 5) is 75.4. The summed E-state index contributed by atoms with van der Waals surface area (Å²) in [5.41, 5.74) is 4.16. The standard InChI is InChI=1S/C49H58FN11O7S/c1-25(2)39(56-47(64)66-8)42(62)58-15-10-12-34(58)41-51-22-32(54-41)28-19-30(50)38-35-20-29-18-27(13-14-33(29)61(35)44(68-36(38)21-28)37-24-52-45(69-37)49(5,6)7)31-23-53-46(55-31)60-17-11-16-59(60)43(63)40(26(3)4)57-48(65)67-9/h13-14,18-26,34,39-40,44H,10-12,15-17H2,1-9H3,(H,51,54)(H,53,55)(H,56,64)(H,57,65)/t34-,39?,40?,44?/m0/s1. The van der Waals surface area contributed by atoms with Crippen molar-refractivity contribution < 1.29 is 37.8 Å². The number of methoxy groups -OCH3 is 2. The molecule has 0 spiro atoms. The number of carbonyl (C=O) groups is 4. The second-order valence-corrected chi connectivity index (χ2v) is 20.5. The smallest absolute Gasteiger partial charge is 0.407 e. The van der Waals surface area contributed by atoms with Gasteiger partial charge in [0.25, 0.3) is 5.91 Å². The van der Waals surface area contributed by atoms with Gasteiger partial charge in [-0.25, -0.2) is 33.9 Å². The number of likely N-dealkylation sites (tertiary alicyclic amines) is 1. The lowest BCUT2D eigenvalue weighted by Gasteiger charge is -2.32. The Morgan fingerprint density at radius 1 is 0.826 bits per heavy atom. The Hall–Kier alpha value is -6.96. The van der Waals surface area contributed by atoms with E-state index in [1.165, 1.54) is 20.3 Å². The van der Waals surface area contributed by atoms with Crippen LogP contribution in [-0.4, -0.2) is 109 Å². The van der Waals surface area contributed by atoms with E-state index in [0.29, 0.717) is 71.8 Å². The summed E-state index contributed by atoms with van der Waals surface area (Å²) in [5.74, 6) is 0.0586. The molecule has 18 nitrogen and oxygen atoms in total. The first kappa shape index (κ1) is 47.1. The number of rotatable bonds is 11. The molecule has 0 saturated carbocycles. The molecule has 4 aromatic heterocycles. The fraction of sp³-hybridized carbons (Fsp3) is 0.449. The van der Waals surface area contributed by atoms with E-state index in [0.717, 1.165) is 39.2 Å². The molecule has 3 aliphatic heterocycles. The van der Waals surface area contributed by atoms with Gasteiger partial charge < -0.3 is 39.7 Å². The van der Waals surface area contributed by atoms with E-state index in [-0.39, 0.29) is 35.1 Å². The predicted octanol–water partition coefficient (Wildman–Crippen LogP) is 8.30. The van der Waals surface area contributed by atoms with Gasteiger partial charge >= 0.3 is 12.2 Å². The van der Waals surface area contributed by atoms with E-state index in [1.807, 2.05) is 68.8 Å². The molecule has 3 aliphatic rings. The Balaban J connectivity index is 1.04. The number of hydrogen-bond acceptors (Lipinski definition) is 12. The topological polar surface area (TPSA) is 205 Å². The summed E-state index contributed by atoms with van der Waals surface area (Å²) in [6, 6.07) is 9.31. The van der Waals surface area contributed by atoms with Gasteiger partial charge in [0.2, 0.25) is 18.1 Å². The van der Waals surface area contributed by atoms with E-state index in [4.69, 9.17) is 24.2 Å². The summed E-state index contributed by atoms with van der Waals surface area (Å²) in [7, 11) is 2.53. The zero-order valence-corrected chi connectivity index (χ0v) is 41.0. The third kappa shape index (κ3) is 8.85. The molecular formula is C49H58FN11O7S. The molecule has 7 heterocycles. The fourth-order valence-electron chi connectivity index (χ4n) is 9.39. The Kier molecular flexibility index (Phi) is 12.6. The van der Waals surface area contributed by atoms with Crippen LogP contribution in [0.25, 0.3) is 44.7 Å². The van der Waals surface area contributed by atoms with E-state index >= 15 is 4.39 Å². The van der Waals surface area contributed by atoms with Crippen LogP contribution in [0.2, 0.25) is 0 Å². The number of anilines is 1. The Bertz CT molecular complexity index is 2930. The van der Waals surface area contributed by atoms with Gasteiger partial charge in [-0.3, -0.25) is 19.2 Å². The highest BCUT2D eigenvalue weighted by molar-refractivity contribution is 7.11. The van der Waals surface area contributed by atoms with E-state index in [2.05, 4.69) is 46.4 Å². The van der Waals surface area contributed by atoms with Crippen molar-refractivity contribution >= 4 is 52.2 Å². The van der Waals surface area contributed by atoms with Crippen molar-refractivity contribution in [3.8, 4) is 39.5 Å². The number of hydrazine groups is 1. The van der Waals surface area contributed by atoms with Gasteiger partial charge in [-0.15, -0.1) is 11.3 Å². The Labute approximate surface area is 402 Å². The molecule has 9 rings (SSSR count). The van der Waals surface area contributed by atoms with E-state index in [1.54, 1.807) is 38.6 Å². The third-order valence-electron chi connectivity index (χ3n) is 13.0. The van der Waals surface area contributed by atoms with Crippen LogP contribution in [-0.2, 0) is 24.5 Å². The lowest BCUT2D eigenvalue weighted by atomic mass is 9.98. The summed E-state index contributed by atoms with van der Waals surface area (Å²) >= 11 is 1.55. The number of alkyl carbamates (subject to hydrolysis) is 2. The largest absolute Gasteiger partial charge is 0.464 e. The molecule has 4 amide bonds. The molecule has 6 aromatic rings. The summed E-state index contributed by atoms with van der Waals surface area (Å²) in [6.07, 6.45) is 5.31. The first-order chi connectivity index (χ1) is 32.9. The molecule has 4 N–H and O–H groups in total. The van der Waals surface area contributed by atoms with Gasteiger partial charge in [0.15, 0.2) is 0 Å². The highest BCUT2D eigenvalue weighted by Crippen LogP contribution is 2.48. The Morgan fingerprint density at radius 3 is 2.20 bits per heavy atom. The van der Waals surface area contributed by atoms with Crippen LogP contribution in [0, 0.1) is 17.7 Å². The van der Waals surface area contributed by atoms with Crippen LogP contribution in [0.5, 0.6) is 5.75 Å². The molecule has 0 aliphatic carbocycles. The second-order valence-electron chi connectivity index (χ2n) is 19.4. The molecule has 364 valence electrons. The fourth-order valence-corrected chi connectivity index (χ4v) is 10.4. The number of hydrogen-bond donors (Lipinski definition) is 4. The number of imidazole rings is 2. The Morgan fingerprint density at radius 2 is 1.52 bits per heavy atom. The van der Waals surface area contributed by atoms with E-state index < -0.39 is 36.3 Å². The maximum absolute atomic E-state index is 16.9. The summed E-state index contributed by atoms with van der Waals surface area (Å²) in [6.45, 7) is 15.3. The summed E-state index contributed by atoms with van der Waals surface area (Å²) < 4.78 is 35.4. The van der Waals surface area contributed by atoms with Crippen molar-refractivity contribution in [2.24, 2.45) is 11.8 Å². The SMILES string of the molecule is COC(=O)NC(C(=O)N1CCC[C@H]1c1ncc(-c2cc(F)c3c(c2)OC(c2cnc(C(C)(C)C)s2)n2c-3cc3cc(-c4cnc(N5CCCN5C(=O)C(NC(=O)OC)C(C)C)[nH]4)ccc32)[nH]1)C(C)C. The first-order valence-corrected chi connectivity index (χ1v) is 24.1. The molecule has 4 atom stereocenters. The minimum absolute atomic E-state index is 0.183. The maximum atomic E-state index is 16.9. The highest BCUT2D eigenvalue weighted by Gasteiger charge is 2.39.